The summed E-state index contributed by atoms with van der Waals surface area (Å²) in [5.41, 5.74) is 2.52. The van der Waals surface area contributed by atoms with Gasteiger partial charge in [0.25, 0.3) is 5.91 Å². The number of anilines is 3. The van der Waals surface area contributed by atoms with E-state index in [4.69, 9.17) is 4.98 Å². The molecule has 180 valence electrons. The van der Waals surface area contributed by atoms with Gasteiger partial charge in [-0.15, -0.1) is 0 Å². The molecule has 1 saturated carbocycles. The zero-order valence-electron chi connectivity index (χ0n) is 20.1. The summed E-state index contributed by atoms with van der Waals surface area (Å²) < 4.78 is 2.19. The van der Waals surface area contributed by atoms with Gasteiger partial charge in [-0.25, -0.2) is 9.97 Å². The smallest absolute Gasteiger partial charge is 0.268 e. The molecule has 0 saturated heterocycles. The van der Waals surface area contributed by atoms with E-state index in [0.29, 0.717) is 24.0 Å². The second-order valence-corrected chi connectivity index (χ2v) is 9.42. The normalized spacial score (nSPS) is 16.9. The summed E-state index contributed by atoms with van der Waals surface area (Å²) in [5, 5.41) is 10.5. The van der Waals surface area contributed by atoms with Gasteiger partial charge in [-0.3, -0.25) is 4.79 Å². The zero-order valence-corrected chi connectivity index (χ0v) is 20.1. The van der Waals surface area contributed by atoms with E-state index in [1.54, 1.807) is 6.20 Å². The lowest BCUT2D eigenvalue weighted by Crippen LogP contribution is -2.52. The number of likely N-dealkylation sites (N-methyl/N-ethyl adjacent to an activating group) is 1. The third-order valence-electron chi connectivity index (χ3n) is 7.09. The van der Waals surface area contributed by atoms with Gasteiger partial charge >= 0.3 is 0 Å². The summed E-state index contributed by atoms with van der Waals surface area (Å²) in [4.78, 5) is 28.9. The van der Waals surface area contributed by atoms with Crippen LogP contribution < -0.4 is 20.9 Å². The van der Waals surface area contributed by atoms with Crippen LogP contribution in [0, 0.1) is 0 Å². The molecule has 1 fully saturated rings. The predicted octanol–water partition coefficient (Wildman–Crippen LogP) is 3.41. The van der Waals surface area contributed by atoms with Gasteiger partial charge in [-0.1, -0.05) is 26.2 Å². The Morgan fingerprint density at radius 3 is 2.74 bits per heavy atom. The number of fused-ring (bicyclic) bond motifs is 4. The summed E-state index contributed by atoms with van der Waals surface area (Å²) in [6.07, 6.45) is 10.5. The molecule has 4 heterocycles. The average Bonchev–Trinajstić information content (AvgIpc) is 3.26. The number of amides is 1. The third-order valence-corrected chi connectivity index (χ3v) is 7.09. The SMILES string of the molecule is CCCN(CCNC)c1ccc(Nc2ncc3cc4n(c3n2)C2(CCCCC2)CNC4=O)nc1. The van der Waals surface area contributed by atoms with Crippen molar-refractivity contribution < 1.29 is 4.79 Å². The maximum atomic E-state index is 12.6. The molecule has 0 aromatic carbocycles. The van der Waals surface area contributed by atoms with E-state index in [1.165, 1.54) is 19.3 Å². The van der Waals surface area contributed by atoms with Crippen LogP contribution in [0.1, 0.15) is 55.9 Å². The van der Waals surface area contributed by atoms with Crippen molar-refractivity contribution in [1.82, 2.24) is 30.2 Å². The van der Waals surface area contributed by atoms with Gasteiger partial charge in [0.15, 0.2) is 0 Å². The number of pyridine rings is 1. The predicted molar refractivity (Wildman–Crippen MR) is 135 cm³/mol. The number of aromatic nitrogens is 4. The second-order valence-electron chi connectivity index (χ2n) is 9.42. The highest BCUT2D eigenvalue weighted by Crippen LogP contribution is 2.40. The molecular formula is C25H34N8O. The molecule has 0 unspecified atom stereocenters. The van der Waals surface area contributed by atoms with Gasteiger partial charge in [-0.2, -0.15) is 4.98 Å². The van der Waals surface area contributed by atoms with E-state index in [2.05, 4.69) is 48.4 Å². The van der Waals surface area contributed by atoms with Crippen LogP contribution in [0.3, 0.4) is 0 Å². The Bertz CT molecular complexity index is 1150. The molecule has 1 aliphatic heterocycles. The van der Waals surface area contributed by atoms with Crippen molar-refractivity contribution >= 4 is 34.4 Å². The Balaban J connectivity index is 1.42. The van der Waals surface area contributed by atoms with E-state index in [1.807, 2.05) is 25.4 Å². The van der Waals surface area contributed by atoms with Gasteiger partial charge < -0.3 is 25.4 Å². The highest BCUT2D eigenvalue weighted by atomic mass is 16.2. The monoisotopic (exact) mass is 462 g/mol. The Hall–Kier alpha value is -3.20. The van der Waals surface area contributed by atoms with Crippen LogP contribution in [0.5, 0.6) is 0 Å². The van der Waals surface area contributed by atoms with Crippen LogP contribution in [0.25, 0.3) is 11.0 Å². The van der Waals surface area contributed by atoms with Crippen LogP contribution in [-0.2, 0) is 5.54 Å². The molecule has 3 N–H and O–H groups in total. The Kier molecular flexibility index (Phi) is 6.36. The van der Waals surface area contributed by atoms with Crippen LogP contribution in [0.4, 0.5) is 17.5 Å². The minimum absolute atomic E-state index is 0.0316. The molecule has 34 heavy (non-hydrogen) atoms. The van der Waals surface area contributed by atoms with E-state index >= 15 is 0 Å². The molecule has 2 aliphatic rings. The number of nitrogens with zero attached hydrogens (tertiary/aromatic N) is 5. The fourth-order valence-corrected chi connectivity index (χ4v) is 5.37. The standard InChI is InChI=1S/C25H34N8O/c1-3-12-32(13-11-26-2)19-7-8-21(27-16-19)30-24-28-15-18-14-20-23(34)29-17-25(9-5-4-6-10-25)33(20)22(18)31-24/h7-8,14-16,26H,3-6,9-13,17H2,1-2H3,(H,29,34)(H,27,28,30,31). The van der Waals surface area contributed by atoms with E-state index in [-0.39, 0.29) is 11.4 Å². The van der Waals surface area contributed by atoms with Crippen LogP contribution in [0.2, 0.25) is 0 Å². The molecular weight excluding hydrogens is 428 g/mol. The van der Waals surface area contributed by atoms with Crippen molar-refractivity contribution in [3.8, 4) is 0 Å². The van der Waals surface area contributed by atoms with Crippen molar-refractivity contribution in [2.75, 3.05) is 43.4 Å². The molecule has 1 amide bonds. The summed E-state index contributed by atoms with van der Waals surface area (Å²) in [5.74, 6) is 1.16. The molecule has 9 nitrogen and oxygen atoms in total. The first-order chi connectivity index (χ1) is 16.6. The average molecular weight is 463 g/mol. The molecule has 0 radical (unpaired) electrons. The lowest BCUT2D eigenvalue weighted by Gasteiger charge is -2.42. The second kappa shape index (κ2) is 9.58. The van der Waals surface area contributed by atoms with Gasteiger partial charge in [-0.05, 0) is 44.5 Å². The summed E-state index contributed by atoms with van der Waals surface area (Å²) in [6.45, 7) is 5.71. The molecule has 5 rings (SSSR count). The summed E-state index contributed by atoms with van der Waals surface area (Å²) >= 11 is 0. The maximum absolute atomic E-state index is 12.6. The van der Waals surface area contributed by atoms with Crippen molar-refractivity contribution in [3.05, 3.63) is 36.3 Å². The van der Waals surface area contributed by atoms with Crippen molar-refractivity contribution in [2.45, 2.75) is 51.0 Å². The molecule has 0 bridgehead atoms. The summed E-state index contributed by atoms with van der Waals surface area (Å²) in [6, 6.07) is 5.97. The highest BCUT2D eigenvalue weighted by Gasteiger charge is 2.41. The van der Waals surface area contributed by atoms with Crippen molar-refractivity contribution in [3.63, 3.8) is 0 Å². The quantitative estimate of drug-likeness (QED) is 0.472. The molecule has 1 aliphatic carbocycles. The molecule has 0 atom stereocenters. The van der Waals surface area contributed by atoms with E-state index in [0.717, 1.165) is 55.6 Å². The lowest BCUT2D eigenvalue weighted by atomic mass is 9.80. The first kappa shape index (κ1) is 22.6. The Morgan fingerprint density at radius 2 is 2.00 bits per heavy atom. The Morgan fingerprint density at radius 1 is 1.15 bits per heavy atom. The first-order valence-electron chi connectivity index (χ1n) is 12.4. The fourth-order valence-electron chi connectivity index (χ4n) is 5.37. The third kappa shape index (κ3) is 4.20. The van der Waals surface area contributed by atoms with Crippen molar-refractivity contribution in [1.29, 1.82) is 0 Å². The highest BCUT2D eigenvalue weighted by molar-refractivity contribution is 5.99. The number of hydrogen-bond acceptors (Lipinski definition) is 7. The maximum Gasteiger partial charge on any atom is 0.268 e. The first-order valence-corrected chi connectivity index (χ1v) is 12.4. The molecule has 3 aromatic rings. The number of nitrogens with one attached hydrogen (secondary N) is 3. The number of carbonyl (C=O) groups is 1. The van der Waals surface area contributed by atoms with Crippen molar-refractivity contribution in [2.24, 2.45) is 0 Å². The minimum Gasteiger partial charge on any atom is -0.369 e. The largest absolute Gasteiger partial charge is 0.369 e. The summed E-state index contributed by atoms with van der Waals surface area (Å²) in [7, 11) is 1.97. The van der Waals surface area contributed by atoms with Gasteiger partial charge in [0.2, 0.25) is 5.95 Å². The number of hydrogen-bond donors (Lipinski definition) is 3. The van der Waals surface area contributed by atoms with Gasteiger partial charge in [0, 0.05) is 37.8 Å². The van der Waals surface area contributed by atoms with Crippen LogP contribution >= 0.6 is 0 Å². The van der Waals surface area contributed by atoms with Gasteiger partial charge in [0.05, 0.1) is 17.4 Å². The van der Waals surface area contributed by atoms with E-state index < -0.39 is 0 Å². The van der Waals surface area contributed by atoms with Gasteiger partial charge in [0.1, 0.15) is 17.2 Å². The molecule has 3 aromatic heterocycles. The van der Waals surface area contributed by atoms with E-state index in [9.17, 15) is 4.79 Å². The van der Waals surface area contributed by atoms with Crippen LogP contribution in [0.15, 0.2) is 30.6 Å². The zero-order chi connectivity index (χ0) is 23.5. The number of rotatable bonds is 8. The minimum atomic E-state index is -0.0924. The molecule has 1 spiro atoms. The Labute approximate surface area is 200 Å². The topological polar surface area (TPSA) is 100 Å². The molecule has 9 heteroatoms. The fraction of sp³-hybridized carbons (Fsp3) is 0.520. The number of carbonyl (C=O) groups excluding carboxylic acids is 1. The van der Waals surface area contributed by atoms with Crippen LogP contribution in [-0.4, -0.2) is 58.7 Å². The lowest BCUT2D eigenvalue weighted by molar-refractivity contribution is 0.0833.